The van der Waals surface area contributed by atoms with E-state index in [2.05, 4.69) is 13.8 Å². The van der Waals surface area contributed by atoms with Gasteiger partial charge in [-0.2, -0.15) is 0 Å². The molecule has 0 radical (unpaired) electrons. The second-order valence-corrected chi connectivity index (χ2v) is 8.84. The molecule has 0 bridgehead atoms. The standard InChI is InChI=1S/C19H26O2/c1-18-7-5-12(20)9-11(18)3-4-13-14(18)6-8-19(2)15(13)10-16-17(19)21-16/h9,13-17H,3-8,10H2,1-2H3/t13-,14+,15+,16?,17-,18+,19+/m1/s1. The fourth-order valence-electron chi connectivity index (χ4n) is 6.86. The first kappa shape index (κ1) is 12.9. The van der Waals surface area contributed by atoms with Crippen molar-refractivity contribution in [1.82, 2.24) is 0 Å². The number of hydrogen-bond acceptors (Lipinski definition) is 2. The molecule has 1 heterocycles. The van der Waals surface area contributed by atoms with E-state index in [1.807, 2.05) is 6.08 Å². The van der Waals surface area contributed by atoms with Crippen molar-refractivity contribution in [2.24, 2.45) is 28.6 Å². The maximum Gasteiger partial charge on any atom is 0.155 e. The highest BCUT2D eigenvalue weighted by Gasteiger charge is 2.67. The lowest BCUT2D eigenvalue weighted by atomic mass is 9.47. The third-order valence-corrected chi connectivity index (χ3v) is 8.12. The van der Waals surface area contributed by atoms with E-state index in [0.29, 0.717) is 28.8 Å². The van der Waals surface area contributed by atoms with Crippen LogP contribution in [0.15, 0.2) is 11.6 Å². The van der Waals surface area contributed by atoms with Gasteiger partial charge in [-0.1, -0.05) is 19.4 Å². The van der Waals surface area contributed by atoms with E-state index in [9.17, 15) is 4.79 Å². The Balaban J connectivity index is 1.51. The molecule has 1 saturated heterocycles. The summed E-state index contributed by atoms with van der Waals surface area (Å²) in [5, 5.41) is 0. The van der Waals surface area contributed by atoms with Gasteiger partial charge in [0.2, 0.25) is 0 Å². The van der Waals surface area contributed by atoms with Crippen molar-refractivity contribution in [3.8, 4) is 0 Å². The smallest absolute Gasteiger partial charge is 0.155 e. The average molecular weight is 286 g/mol. The van der Waals surface area contributed by atoms with Crippen LogP contribution in [0, 0.1) is 28.6 Å². The van der Waals surface area contributed by atoms with Gasteiger partial charge in [0.05, 0.1) is 12.2 Å². The molecule has 3 saturated carbocycles. The SMILES string of the molecule is C[C@]12CC[C@H]3[C@@H](CCC4=CC(=O)CC[C@@]43C)[C@@H]1CC1O[C@H]12. The van der Waals surface area contributed by atoms with E-state index in [0.717, 1.165) is 30.6 Å². The van der Waals surface area contributed by atoms with Gasteiger partial charge in [-0.25, -0.2) is 0 Å². The first-order valence-electron chi connectivity index (χ1n) is 8.92. The Morgan fingerprint density at radius 1 is 1.14 bits per heavy atom. The fourth-order valence-corrected chi connectivity index (χ4v) is 6.86. The van der Waals surface area contributed by atoms with Gasteiger partial charge in [-0.3, -0.25) is 4.79 Å². The first-order valence-corrected chi connectivity index (χ1v) is 8.92. The molecule has 4 fully saturated rings. The molecule has 0 aromatic heterocycles. The van der Waals surface area contributed by atoms with E-state index < -0.39 is 0 Å². The summed E-state index contributed by atoms with van der Waals surface area (Å²) in [5.41, 5.74) is 2.28. The Kier molecular flexibility index (Phi) is 2.34. The molecule has 114 valence electrons. The van der Waals surface area contributed by atoms with Crippen LogP contribution < -0.4 is 0 Å². The minimum atomic E-state index is 0.325. The molecule has 1 unspecified atom stereocenters. The van der Waals surface area contributed by atoms with E-state index in [4.69, 9.17) is 4.74 Å². The number of fused-ring (bicyclic) bond motifs is 7. The van der Waals surface area contributed by atoms with E-state index in [-0.39, 0.29) is 0 Å². The zero-order valence-electron chi connectivity index (χ0n) is 13.2. The van der Waals surface area contributed by atoms with Gasteiger partial charge in [0.15, 0.2) is 5.78 Å². The molecular weight excluding hydrogens is 260 g/mol. The normalized spacial score (nSPS) is 57.7. The number of ketones is 1. The number of ether oxygens (including phenoxy) is 1. The monoisotopic (exact) mass is 286 g/mol. The Labute approximate surface area is 127 Å². The van der Waals surface area contributed by atoms with Gasteiger partial charge >= 0.3 is 0 Å². The predicted molar refractivity (Wildman–Crippen MR) is 80.8 cm³/mol. The van der Waals surface area contributed by atoms with Crippen molar-refractivity contribution < 1.29 is 9.53 Å². The number of carbonyl (C=O) groups is 1. The molecule has 0 spiro atoms. The summed E-state index contributed by atoms with van der Waals surface area (Å²) in [6.45, 7) is 4.97. The van der Waals surface area contributed by atoms with Crippen LogP contribution in [-0.4, -0.2) is 18.0 Å². The van der Waals surface area contributed by atoms with Crippen molar-refractivity contribution in [2.75, 3.05) is 0 Å². The maximum absolute atomic E-state index is 11.8. The van der Waals surface area contributed by atoms with E-state index in [1.54, 1.807) is 0 Å². The largest absolute Gasteiger partial charge is 0.369 e. The zero-order chi connectivity index (χ0) is 14.4. The van der Waals surface area contributed by atoms with Crippen molar-refractivity contribution in [2.45, 2.75) is 71.0 Å². The van der Waals surface area contributed by atoms with Gasteiger partial charge in [0.25, 0.3) is 0 Å². The minimum absolute atomic E-state index is 0.325. The number of carbonyl (C=O) groups excluding carboxylic acids is 1. The summed E-state index contributed by atoms with van der Waals surface area (Å²) in [7, 11) is 0. The Morgan fingerprint density at radius 3 is 2.86 bits per heavy atom. The molecule has 0 amide bonds. The topological polar surface area (TPSA) is 29.6 Å². The lowest BCUT2D eigenvalue weighted by Crippen LogP contribution is -2.50. The Hall–Kier alpha value is -0.630. The van der Waals surface area contributed by atoms with Gasteiger partial charge in [-0.15, -0.1) is 0 Å². The van der Waals surface area contributed by atoms with Crippen LogP contribution in [-0.2, 0) is 9.53 Å². The van der Waals surface area contributed by atoms with Gasteiger partial charge in [0, 0.05) is 6.42 Å². The Morgan fingerprint density at radius 2 is 2.00 bits per heavy atom. The fraction of sp³-hybridized carbons (Fsp3) is 0.842. The second kappa shape index (κ2) is 3.82. The first-order chi connectivity index (χ1) is 10.0. The molecule has 2 heteroatoms. The molecule has 0 aromatic rings. The molecule has 2 nitrogen and oxygen atoms in total. The minimum Gasteiger partial charge on any atom is -0.369 e. The van der Waals surface area contributed by atoms with Crippen molar-refractivity contribution in [1.29, 1.82) is 0 Å². The number of rotatable bonds is 0. The average Bonchev–Trinajstić information content (AvgIpc) is 3.17. The summed E-state index contributed by atoms with van der Waals surface area (Å²) < 4.78 is 5.89. The third-order valence-electron chi connectivity index (χ3n) is 8.12. The molecule has 21 heavy (non-hydrogen) atoms. The van der Waals surface area contributed by atoms with E-state index >= 15 is 0 Å². The van der Waals surface area contributed by atoms with E-state index in [1.165, 1.54) is 37.7 Å². The summed E-state index contributed by atoms with van der Waals surface area (Å²) in [5.74, 6) is 2.96. The highest BCUT2D eigenvalue weighted by Crippen LogP contribution is 2.68. The molecular formula is C19H26O2. The van der Waals surface area contributed by atoms with Crippen LogP contribution in [0.5, 0.6) is 0 Å². The Bertz CT molecular complexity index is 550. The van der Waals surface area contributed by atoms with Crippen molar-refractivity contribution in [3.05, 3.63) is 11.6 Å². The number of epoxide rings is 1. The summed E-state index contributed by atoms with van der Waals surface area (Å²) in [4.78, 5) is 11.8. The van der Waals surface area contributed by atoms with Crippen LogP contribution in [0.2, 0.25) is 0 Å². The zero-order valence-corrected chi connectivity index (χ0v) is 13.2. The van der Waals surface area contributed by atoms with Crippen LogP contribution in [0.25, 0.3) is 0 Å². The molecule has 4 aliphatic carbocycles. The van der Waals surface area contributed by atoms with Crippen LogP contribution in [0.3, 0.4) is 0 Å². The van der Waals surface area contributed by atoms with Crippen LogP contribution in [0.1, 0.15) is 58.8 Å². The molecule has 0 aromatic carbocycles. The quantitative estimate of drug-likeness (QED) is 0.632. The highest BCUT2D eigenvalue weighted by molar-refractivity contribution is 5.91. The summed E-state index contributed by atoms with van der Waals surface area (Å²) in [6, 6.07) is 0. The van der Waals surface area contributed by atoms with Crippen molar-refractivity contribution >= 4 is 5.78 Å². The summed E-state index contributed by atoms with van der Waals surface area (Å²) in [6.07, 6.45) is 11.6. The van der Waals surface area contributed by atoms with Crippen LogP contribution >= 0.6 is 0 Å². The van der Waals surface area contributed by atoms with Gasteiger partial charge in [-0.05, 0) is 73.2 Å². The second-order valence-electron chi connectivity index (χ2n) is 8.84. The molecule has 1 aliphatic heterocycles. The highest BCUT2D eigenvalue weighted by atomic mass is 16.6. The van der Waals surface area contributed by atoms with Gasteiger partial charge < -0.3 is 4.74 Å². The number of allylic oxidation sites excluding steroid dienone is 1. The van der Waals surface area contributed by atoms with Crippen LogP contribution in [0.4, 0.5) is 0 Å². The third kappa shape index (κ3) is 1.50. The van der Waals surface area contributed by atoms with Gasteiger partial charge in [0.1, 0.15) is 0 Å². The lowest BCUT2D eigenvalue weighted by molar-refractivity contribution is -0.117. The predicted octanol–water partition coefficient (Wildman–Crippen LogP) is 3.90. The number of hydrogen-bond donors (Lipinski definition) is 0. The van der Waals surface area contributed by atoms with Crippen molar-refractivity contribution in [3.63, 3.8) is 0 Å². The lowest BCUT2D eigenvalue weighted by Gasteiger charge is -2.57. The molecule has 0 N–H and O–H groups in total. The summed E-state index contributed by atoms with van der Waals surface area (Å²) >= 11 is 0. The molecule has 5 aliphatic rings. The molecule has 5 rings (SSSR count). The molecule has 7 atom stereocenters. The maximum atomic E-state index is 11.8.